The van der Waals surface area contributed by atoms with Gasteiger partial charge in [-0.2, -0.15) is 0 Å². The Kier molecular flexibility index (Phi) is 4.09. The first kappa shape index (κ1) is 13.5. The van der Waals surface area contributed by atoms with E-state index in [1.54, 1.807) is 13.8 Å². The lowest BCUT2D eigenvalue weighted by Crippen LogP contribution is -2.47. The normalized spacial score (nSPS) is 22.7. The molecule has 6 nitrogen and oxygen atoms in total. The van der Waals surface area contributed by atoms with Crippen molar-refractivity contribution in [3.05, 3.63) is 0 Å². The molecule has 0 saturated carbocycles. The Morgan fingerprint density at radius 2 is 2.24 bits per heavy atom. The fourth-order valence-corrected chi connectivity index (χ4v) is 1.57. The van der Waals surface area contributed by atoms with Crippen LogP contribution >= 0.6 is 0 Å². The molecular weight excluding hydrogens is 224 g/mol. The van der Waals surface area contributed by atoms with Crippen LogP contribution in [0.1, 0.15) is 33.1 Å². The summed E-state index contributed by atoms with van der Waals surface area (Å²) >= 11 is 0. The molecule has 0 aromatic rings. The number of rotatable bonds is 5. The molecular formula is C11H18N2O4. The molecule has 0 aromatic heterocycles. The first-order chi connectivity index (χ1) is 7.89. The highest BCUT2D eigenvalue weighted by molar-refractivity contribution is 5.91. The van der Waals surface area contributed by atoms with Gasteiger partial charge in [0.15, 0.2) is 0 Å². The van der Waals surface area contributed by atoms with E-state index < -0.39 is 17.4 Å². The SMILES string of the molecule is CCC(C)(CNC(=O)[C@H]1CCC(=O)N1)C(=O)O. The van der Waals surface area contributed by atoms with Gasteiger partial charge in [-0.05, 0) is 19.8 Å². The first-order valence-electron chi connectivity index (χ1n) is 5.69. The maximum absolute atomic E-state index is 11.7. The molecule has 0 aliphatic carbocycles. The summed E-state index contributed by atoms with van der Waals surface area (Å²) in [5.74, 6) is -1.38. The van der Waals surface area contributed by atoms with Gasteiger partial charge in [0.05, 0.1) is 5.41 Å². The monoisotopic (exact) mass is 242 g/mol. The molecule has 96 valence electrons. The average Bonchev–Trinajstić information content (AvgIpc) is 2.72. The van der Waals surface area contributed by atoms with Crippen molar-refractivity contribution >= 4 is 17.8 Å². The van der Waals surface area contributed by atoms with Gasteiger partial charge in [0, 0.05) is 13.0 Å². The summed E-state index contributed by atoms with van der Waals surface area (Å²) < 4.78 is 0. The molecule has 0 bridgehead atoms. The highest BCUT2D eigenvalue weighted by Crippen LogP contribution is 2.20. The number of amides is 2. The van der Waals surface area contributed by atoms with Gasteiger partial charge in [-0.15, -0.1) is 0 Å². The number of nitrogens with one attached hydrogen (secondary N) is 2. The summed E-state index contributed by atoms with van der Waals surface area (Å²) in [5.41, 5.74) is -0.960. The van der Waals surface area contributed by atoms with Gasteiger partial charge in [-0.1, -0.05) is 6.92 Å². The van der Waals surface area contributed by atoms with Crippen LogP contribution in [0.5, 0.6) is 0 Å². The van der Waals surface area contributed by atoms with E-state index in [0.717, 1.165) is 0 Å². The van der Waals surface area contributed by atoms with Gasteiger partial charge in [0.25, 0.3) is 0 Å². The summed E-state index contributed by atoms with van der Waals surface area (Å²) in [6.45, 7) is 3.42. The third kappa shape index (κ3) is 3.18. The zero-order valence-electron chi connectivity index (χ0n) is 10.1. The van der Waals surface area contributed by atoms with Gasteiger partial charge in [-0.3, -0.25) is 14.4 Å². The predicted molar refractivity (Wildman–Crippen MR) is 60.2 cm³/mol. The second-order valence-electron chi connectivity index (χ2n) is 4.60. The first-order valence-corrected chi connectivity index (χ1v) is 5.69. The summed E-state index contributed by atoms with van der Waals surface area (Å²) in [5, 5.41) is 14.2. The van der Waals surface area contributed by atoms with Crippen molar-refractivity contribution < 1.29 is 19.5 Å². The Morgan fingerprint density at radius 1 is 1.59 bits per heavy atom. The van der Waals surface area contributed by atoms with Crippen LogP contribution in [0.2, 0.25) is 0 Å². The second kappa shape index (κ2) is 5.16. The Hall–Kier alpha value is -1.59. The number of aliphatic carboxylic acids is 1. The zero-order valence-corrected chi connectivity index (χ0v) is 10.1. The van der Waals surface area contributed by atoms with Crippen molar-refractivity contribution in [3.8, 4) is 0 Å². The molecule has 6 heteroatoms. The third-order valence-corrected chi connectivity index (χ3v) is 3.26. The molecule has 1 saturated heterocycles. The molecule has 1 unspecified atom stereocenters. The van der Waals surface area contributed by atoms with Gasteiger partial charge >= 0.3 is 5.97 Å². The largest absolute Gasteiger partial charge is 0.481 e. The molecule has 3 N–H and O–H groups in total. The number of carbonyl (C=O) groups is 3. The van der Waals surface area contributed by atoms with E-state index >= 15 is 0 Å². The van der Waals surface area contributed by atoms with E-state index in [2.05, 4.69) is 10.6 Å². The number of hydrogen-bond acceptors (Lipinski definition) is 3. The summed E-state index contributed by atoms with van der Waals surface area (Å²) in [7, 11) is 0. The van der Waals surface area contributed by atoms with Crippen LogP contribution in [-0.4, -0.2) is 35.5 Å². The fraction of sp³-hybridized carbons (Fsp3) is 0.727. The molecule has 1 rings (SSSR count). The van der Waals surface area contributed by atoms with Gasteiger partial charge in [0.2, 0.25) is 11.8 Å². The molecule has 0 spiro atoms. The molecule has 1 fully saturated rings. The number of hydrogen-bond donors (Lipinski definition) is 3. The van der Waals surface area contributed by atoms with Crippen molar-refractivity contribution in [1.29, 1.82) is 0 Å². The lowest BCUT2D eigenvalue weighted by atomic mass is 9.87. The lowest BCUT2D eigenvalue weighted by Gasteiger charge is -2.24. The van der Waals surface area contributed by atoms with Crippen LogP contribution in [0.3, 0.4) is 0 Å². The van der Waals surface area contributed by atoms with E-state index in [1.165, 1.54) is 0 Å². The fourth-order valence-electron chi connectivity index (χ4n) is 1.57. The Morgan fingerprint density at radius 3 is 2.65 bits per heavy atom. The van der Waals surface area contributed by atoms with E-state index in [-0.39, 0.29) is 18.4 Å². The van der Waals surface area contributed by atoms with E-state index in [1.807, 2.05) is 0 Å². The van der Waals surface area contributed by atoms with Crippen molar-refractivity contribution in [1.82, 2.24) is 10.6 Å². The summed E-state index contributed by atoms with van der Waals surface area (Å²) in [6.07, 6.45) is 1.25. The molecule has 1 heterocycles. The molecule has 1 aliphatic rings. The van der Waals surface area contributed by atoms with Crippen molar-refractivity contribution in [3.63, 3.8) is 0 Å². The molecule has 0 radical (unpaired) electrons. The number of carboxylic acid groups (broad SMARTS) is 1. The van der Waals surface area contributed by atoms with E-state index in [0.29, 0.717) is 19.3 Å². The van der Waals surface area contributed by atoms with Crippen molar-refractivity contribution in [2.45, 2.75) is 39.2 Å². The highest BCUT2D eigenvalue weighted by atomic mass is 16.4. The molecule has 1 aliphatic heterocycles. The molecule has 17 heavy (non-hydrogen) atoms. The minimum absolute atomic E-state index is 0.0734. The predicted octanol–water partition coefficient (Wildman–Crippen LogP) is -0.118. The van der Waals surface area contributed by atoms with Crippen LogP contribution in [0, 0.1) is 5.41 Å². The third-order valence-electron chi connectivity index (χ3n) is 3.26. The van der Waals surface area contributed by atoms with Gasteiger partial charge < -0.3 is 15.7 Å². The molecule has 2 amide bonds. The van der Waals surface area contributed by atoms with Crippen LogP contribution in [-0.2, 0) is 14.4 Å². The van der Waals surface area contributed by atoms with Crippen molar-refractivity contribution in [2.24, 2.45) is 5.41 Å². The quantitative estimate of drug-likeness (QED) is 0.626. The van der Waals surface area contributed by atoms with Crippen LogP contribution < -0.4 is 10.6 Å². The molecule has 0 aromatic carbocycles. The van der Waals surface area contributed by atoms with Crippen LogP contribution in [0.15, 0.2) is 0 Å². The van der Waals surface area contributed by atoms with Crippen molar-refractivity contribution in [2.75, 3.05) is 6.54 Å². The Bertz CT molecular complexity index is 342. The Balaban J connectivity index is 2.47. The van der Waals surface area contributed by atoms with Crippen LogP contribution in [0.4, 0.5) is 0 Å². The zero-order chi connectivity index (χ0) is 13.1. The highest BCUT2D eigenvalue weighted by Gasteiger charge is 2.33. The number of carboxylic acids is 1. The van der Waals surface area contributed by atoms with E-state index in [4.69, 9.17) is 5.11 Å². The smallest absolute Gasteiger partial charge is 0.311 e. The van der Waals surface area contributed by atoms with E-state index in [9.17, 15) is 14.4 Å². The molecule has 2 atom stereocenters. The average molecular weight is 242 g/mol. The standard InChI is InChI=1S/C11H18N2O4/c1-3-11(2,10(16)17)6-12-9(15)7-4-5-8(14)13-7/h7H,3-6H2,1-2H3,(H,12,15)(H,13,14)(H,16,17)/t7-,11?/m1/s1. The minimum atomic E-state index is -0.960. The number of carbonyl (C=O) groups excluding carboxylic acids is 2. The minimum Gasteiger partial charge on any atom is -0.481 e. The maximum Gasteiger partial charge on any atom is 0.311 e. The Labute approximate surface area is 99.8 Å². The van der Waals surface area contributed by atoms with Gasteiger partial charge in [-0.25, -0.2) is 0 Å². The summed E-state index contributed by atoms with van der Waals surface area (Å²) in [4.78, 5) is 33.6. The van der Waals surface area contributed by atoms with Gasteiger partial charge in [0.1, 0.15) is 6.04 Å². The second-order valence-corrected chi connectivity index (χ2v) is 4.60. The van der Waals surface area contributed by atoms with Crippen LogP contribution in [0.25, 0.3) is 0 Å². The summed E-state index contributed by atoms with van der Waals surface area (Å²) in [6, 6.07) is -0.516. The lowest BCUT2D eigenvalue weighted by molar-refractivity contribution is -0.148. The maximum atomic E-state index is 11.7. The topological polar surface area (TPSA) is 95.5 Å².